The molecule has 130 valence electrons. The minimum Gasteiger partial charge on any atom is -0.352 e. The zero-order valence-electron chi connectivity index (χ0n) is 14.2. The monoisotopic (exact) mass is 355 g/mol. The van der Waals surface area contributed by atoms with Crippen molar-refractivity contribution in [3.8, 4) is 0 Å². The molecule has 0 saturated carbocycles. The molecule has 1 amide bonds. The van der Waals surface area contributed by atoms with Gasteiger partial charge in [-0.25, -0.2) is 0 Å². The molecule has 1 aliphatic rings. The molecule has 7 heteroatoms. The van der Waals surface area contributed by atoms with Gasteiger partial charge in [0.15, 0.2) is 0 Å². The predicted molar refractivity (Wildman–Crippen MR) is 99.8 cm³/mol. The number of piperazine rings is 1. The van der Waals surface area contributed by atoms with Gasteiger partial charge in [-0.05, 0) is 29.7 Å². The summed E-state index contributed by atoms with van der Waals surface area (Å²) in [5, 5.41) is 5.40. The number of aromatic nitrogens is 3. The number of carbonyl (C=O) groups excluding carboxylic acids is 1. The Morgan fingerprint density at radius 2 is 2.00 bits per heavy atom. The lowest BCUT2D eigenvalue weighted by Gasteiger charge is -2.36. The van der Waals surface area contributed by atoms with Crippen molar-refractivity contribution in [1.82, 2.24) is 19.1 Å². The average molecular weight is 355 g/mol. The van der Waals surface area contributed by atoms with Crippen LogP contribution in [0.3, 0.4) is 0 Å². The van der Waals surface area contributed by atoms with Gasteiger partial charge in [0.1, 0.15) is 5.82 Å². The number of anilines is 1. The molecule has 1 aromatic carbocycles. The second-order valence-electron chi connectivity index (χ2n) is 6.44. The van der Waals surface area contributed by atoms with Crippen LogP contribution in [0.1, 0.15) is 6.92 Å². The highest BCUT2D eigenvalue weighted by Crippen LogP contribution is 2.29. The maximum Gasteiger partial charge on any atom is 0.227 e. The number of hydrogen-bond acceptors (Lipinski definition) is 5. The van der Waals surface area contributed by atoms with Crippen LogP contribution in [0.15, 0.2) is 42.7 Å². The molecule has 25 heavy (non-hydrogen) atoms. The number of hydrogen-bond donors (Lipinski definition) is 0. The van der Waals surface area contributed by atoms with E-state index in [0.29, 0.717) is 6.54 Å². The van der Waals surface area contributed by atoms with Crippen LogP contribution in [0.5, 0.6) is 0 Å². The lowest BCUT2D eigenvalue weighted by atomic mass is 10.1. The maximum atomic E-state index is 12.7. The zero-order chi connectivity index (χ0) is 17.2. The highest BCUT2D eigenvalue weighted by molar-refractivity contribution is 7.13. The molecular formula is C18H21N5OS. The lowest BCUT2D eigenvalue weighted by Crippen LogP contribution is -2.50. The normalized spacial score (nSPS) is 16.4. The first-order valence-electron chi connectivity index (χ1n) is 8.58. The minimum atomic E-state index is -0.0634. The van der Waals surface area contributed by atoms with Gasteiger partial charge in [0.2, 0.25) is 5.91 Å². The Balaban J connectivity index is 1.38. The quantitative estimate of drug-likeness (QED) is 0.721. The Bertz CT molecular complexity index is 851. The van der Waals surface area contributed by atoms with Crippen molar-refractivity contribution in [3.63, 3.8) is 0 Å². The van der Waals surface area contributed by atoms with E-state index in [2.05, 4.69) is 32.6 Å². The number of carbonyl (C=O) groups is 1. The first kappa shape index (κ1) is 16.1. The molecule has 3 aromatic rings. The molecule has 0 bridgehead atoms. The standard InChI is InChI=1S/C18H21N5OS/c1-14(13-23-8-4-7-19-23)18(24)22-11-9-21(10-12-22)17-15-5-2-3-6-16(15)25-20-17/h2-8,14H,9-13H2,1H3/t14-/m0/s1. The summed E-state index contributed by atoms with van der Waals surface area (Å²) in [5.41, 5.74) is 0. The van der Waals surface area contributed by atoms with Crippen molar-refractivity contribution >= 4 is 33.3 Å². The van der Waals surface area contributed by atoms with E-state index >= 15 is 0 Å². The Labute approximate surface area is 150 Å². The molecule has 1 saturated heterocycles. The molecule has 0 N–H and O–H groups in total. The van der Waals surface area contributed by atoms with Gasteiger partial charge in [0.05, 0.1) is 17.2 Å². The van der Waals surface area contributed by atoms with Crippen molar-refractivity contribution in [2.75, 3.05) is 31.1 Å². The summed E-state index contributed by atoms with van der Waals surface area (Å²) in [6.07, 6.45) is 3.64. The van der Waals surface area contributed by atoms with E-state index in [9.17, 15) is 4.79 Å². The van der Waals surface area contributed by atoms with Gasteiger partial charge in [-0.1, -0.05) is 19.1 Å². The van der Waals surface area contributed by atoms with E-state index in [4.69, 9.17) is 0 Å². The Kier molecular flexibility index (Phi) is 4.40. The van der Waals surface area contributed by atoms with Crippen LogP contribution in [0.2, 0.25) is 0 Å². The van der Waals surface area contributed by atoms with Crippen LogP contribution in [0, 0.1) is 5.92 Å². The molecule has 1 fully saturated rings. The largest absolute Gasteiger partial charge is 0.352 e. The SMILES string of the molecule is C[C@@H](Cn1cccn1)C(=O)N1CCN(c2nsc3ccccc23)CC1. The van der Waals surface area contributed by atoms with Crippen LogP contribution in [-0.4, -0.2) is 51.1 Å². The first-order chi connectivity index (χ1) is 12.2. The van der Waals surface area contributed by atoms with Crippen molar-refractivity contribution in [1.29, 1.82) is 0 Å². The van der Waals surface area contributed by atoms with E-state index < -0.39 is 0 Å². The summed E-state index contributed by atoms with van der Waals surface area (Å²) < 4.78 is 7.66. The van der Waals surface area contributed by atoms with Gasteiger partial charge >= 0.3 is 0 Å². The van der Waals surface area contributed by atoms with Gasteiger partial charge < -0.3 is 9.80 Å². The second kappa shape index (κ2) is 6.84. The second-order valence-corrected chi connectivity index (χ2v) is 7.25. The van der Waals surface area contributed by atoms with Crippen molar-refractivity contribution in [2.24, 2.45) is 5.92 Å². The van der Waals surface area contributed by atoms with E-state index in [1.807, 2.05) is 34.8 Å². The van der Waals surface area contributed by atoms with Crippen molar-refractivity contribution in [2.45, 2.75) is 13.5 Å². The fourth-order valence-corrected chi connectivity index (χ4v) is 4.11. The first-order valence-corrected chi connectivity index (χ1v) is 9.35. The van der Waals surface area contributed by atoms with E-state index in [0.717, 1.165) is 32.0 Å². The van der Waals surface area contributed by atoms with Gasteiger partial charge in [0.25, 0.3) is 0 Å². The Hall–Kier alpha value is -2.41. The van der Waals surface area contributed by atoms with Gasteiger partial charge in [-0.3, -0.25) is 9.48 Å². The topological polar surface area (TPSA) is 54.3 Å². The molecule has 0 unspecified atom stereocenters. The highest BCUT2D eigenvalue weighted by Gasteiger charge is 2.26. The lowest BCUT2D eigenvalue weighted by molar-refractivity contribution is -0.135. The summed E-state index contributed by atoms with van der Waals surface area (Å²) >= 11 is 1.54. The summed E-state index contributed by atoms with van der Waals surface area (Å²) in [7, 11) is 0. The Morgan fingerprint density at radius 1 is 1.20 bits per heavy atom. The summed E-state index contributed by atoms with van der Waals surface area (Å²) in [6, 6.07) is 10.2. The van der Waals surface area contributed by atoms with E-state index in [1.165, 1.54) is 21.6 Å². The zero-order valence-corrected chi connectivity index (χ0v) is 15.0. The van der Waals surface area contributed by atoms with Crippen LogP contribution in [0.25, 0.3) is 10.1 Å². The third-order valence-corrected chi connectivity index (χ3v) is 5.51. The fraction of sp³-hybridized carbons (Fsp3) is 0.389. The molecule has 0 radical (unpaired) electrons. The van der Waals surface area contributed by atoms with Gasteiger partial charge in [-0.2, -0.15) is 9.47 Å². The third kappa shape index (κ3) is 3.24. The number of amides is 1. The number of rotatable bonds is 4. The molecule has 1 atom stereocenters. The van der Waals surface area contributed by atoms with Crippen molar-refractivity contribution < 1.29 is 4.79 Å². The van der Waals surface area contributed by atoms with Crippen LogP contribution in [-0.2, 0) is 11.3 Å². The predicted octanol–water partition coefficient (Wildman–Crippen LogP) is 2.48. The van der Waals surface area contributed by atoms with Gasteiger partial charge in [0, 0.05) is 44.0 Å². The van der Waals surface area contributed by atoms with Crippen LogP contribution in [0.4, 0.5) is 5.82 Å². The third-order valence-electron chi connectivity index (χ3n) is 4.69. The number of fused-ring (bicyclic) bond motifs is 1. The maximum absolute atomic E-state index is 12.7. The molecule has 3 heterocycles. The smallest absolute Gasteiger partial charge is 0.227 e. The minimum absolute atomic E-state index is 0.0634. The summed E-state index contributed by atoms with van der Waals surface area (Å²) in [5.74, 6) is 1.20. The number of nitrogens with zero attached hydrogens (tertiary/aromatic N) is 5. The molecule has 1 aliphatic heterocycles. The van der Waals surface area contributed by atoms with Gasteiger partial charge in [-0.15, -0.1) is 0 Å². The molecule has 6 nitrogen and oxygen atoms in total. The fourth-order valence-electron chi connectivity index (χ4n) is 3.32. The molecule has 4 rings (SSSR count). The number of benzene rings is 1. The van der Waals surface area contributed by atoms with Crippen molar-refractivity contribution in [3.05, 3.63) is 42.7 Å². The van der Waals surface area contributed by atoms with Crippen LogP contribution < -0.4 is 4.90 Å². The van der Waals surface area contributed by atoms with E-state index in [-0.39, 0.29) is 11.8 Å². The van der Waals surface area contributed by atoms with Crippen LogP contribution >= 0.6 is 11.5 Å². The molecule has 0 aliphatic carbocycles. The molecular weight excluding hydrogens is 334 g/mol. The summed E-state index contributed by atoms with van der Waals surface area (Å²) in [4.78, 5) is 16.9. The molecule has 2 aromatic heterocycles. The summed E-state index contributed by atoms with van der Waals surface area (Å²) in [6.45, 7) is 5.75. The Morgan fingerprint density at radius 3 is 2.76 bits per heavy atom. The average Bonchev–Trinajstić information content (AvgIpc) is 3.31. The van der Waals surface area contributed by atoms with E-state index in [1.54, 1.807) is 6.20 Å². The highest BCUT2D eigenvalue weighted by atomic mass is 32.1. The molecule has 0 spiro atoms.